The Balaban J connectivity index is 1.87. The molecule has 5 heteroatoms. The van der Waals surface area contributed by atoms with Crippen molar-refractivity contribution in [1.82, 2.24) is 4.90 Å². The summed E-state index contributed by atoms with van der Waals surface area (Å²) in [5, 5.41) is 8.80. The second kappa shape index (κ2) is 7.38. The van der Waals surface area contributed by atoms with Crippen molar-refractivity contribution in [1.29, 1.82) is 0 Å². The van der Waals surface area contributed by atoms with Crippen LogP contribution in [0.4, 0.5) is 4.39 Å². The van der Waals surface area contributed by atoms with Gasteiger partial charge in [0.25, 0.3) is 0 Å². The van der Waals surface area contributed by atoms with Gasteiger partial charge in [-0.05, 0) is 36.8 Å². The molecule has 1 atom stereocenters. The first kappa shape index (κ1) is 16.5. The van der Waals surface area contributed by atoms with Crippen LogP contribution in [0.3, 0.4) is 0 Å². The summed E-state index contributed by atoms with van der Waals surface area (Å²) in [4.78, 5) is 24.9. The molecular formula is C17H22FNO3. The average molecular weight is 307 g/mol. The highest BCUT2D eigenvalue weighted by atomic mass is 19.1. The van der Waals surface area contributed by atoms with Crippen molar-refractivity contribution < 1.29 is 19.1 Å². The van der Waals surface area contributed by atoms with Gasteiger partial charge in [0.2, 0.25) is 5.91 Å². The minimum atomic E-state index is -0.780. The van der Waals surface area contributed by atoms with Crippen molar-refractivity contribution in [2.24, 2.45) is 11.8 Å². The molecule has 22 heavy (non-hydrogen) atoms. The third kappa shape index (κ3) is 4.29. The summed E-state index contributed by atoms with van der Waals surface area (Å²) >= 11 is 0. The van der Waals surface area contributed by atoms with Gasteiger partial charge in [0, 0.05) is 25.4 Å². The monoisotopic (exact) mass is 307 g/mol. The third-order valence-corrected chi connectivity index (χ3v) is 4.30. The van der Waals surface area contributed by atoms with Crippen LogP contribution in [0.1, 0.15) is 31.7 Å². The number of carboxylic acids is 1. The van der Waals surface area contributed by atoms with Gasteiger partial charge in [-0.1, -0.05) is 25.1 Å². The molecular weight excluding hydrogens is 285 g/mol. The number of carboxylic acid groups (broad SMARTS) is 1. The van der Waals surface area contributed by atoms with E-state index >= 15 is 0 Å². The molecule has 0 spiro atoms. The number of hydrogen-bond donors (Lipinski definition) is 1. The number of rotatable bonds is 5. The SMILES string of the molecule is CC(Cc1ccccc1F)C(=O)N1CCC(CC(=O)O)CC1. The molecule has 2 rings (SSSR count). The lowest BCUT2D eigenvalue weighted by atomic mass is 9.92. The summed E-state index contributed by atoms with van der Waals surface area (Å²) in [5.74, 6) is -1.15. The van der Waals surface area contributed by atoms with Crippen LogP contribution in [0.5, 0.6) is 0 Å². The quantitative estimate of drug-likeness (QED) is 0.910. The molecule has 0 aromatic heterocycles. The number of hydrogen-bond acceptors (Lipinski definition) is 2. The molecule has 0 bridgehead atoms. The molecule has 1 aromatic rings. The van der Waals surface area contributed by atoms with E-state index in [4.69, 9.17) is 5.11 Å². The third-order valence-electron chi connectivity index (χ3n) is 4.30. The second-order valence-electron chi connectivity index (χ2n) is 6.06. The summed E-state index contributed by atoms with van der Waals surface area (Å²) < 4.78 is 13.6. The minimum absolute atomic E-state index is 0.0250. The van der Waals surface area contributed by atoms with Crippen LogP contribution in [-0.2, 0) is 16.0 Å². The number of carbonyl (C=O) groups excluding carboxylic acids is 1. The topological polar surface area (TPSA) is 57.6 Å². The number of likely N-dealkylation sites (tertiary alicyclic amines) is 1. The number of halogens is 1. The van der Waals surface area contributed by atoms with E-state index in [1.165, 1.54) is 6.07 Å². The van der Waals surface area contributed by atoms with Crippen LogP contribution in [0, 0.1) is 17.7 Å². The fraction of sp³-hybridized carbons (Fsp3) is 0.529. The first-order valence-electron chi connectivity index (χ1n) is 7.71. The van der Waals surface area contributed by atoms with Crippen molar-refractivity contribution in [3.8, 4) is 0 Å². The van der Waals surface area contributed by atoms with Crippen LogP contribution >= 0.6 is 0 Å². The van der Waals surface area contributed by atoms with Gasteiger partial charge in [-0.15, -0.1) is 0 Å². The van der Waals surface area contributed by atoms with E-state index in [9.17, 15) is 14.0 Å². The molecule has 4 nitrogen and oxygen atoms in total. The number of benzene rings is 1. The van der Waals surface area contributed by atoms with E-state index in [1.807, 2.05) is 6.92 Å². The van der Waals surface area contributed by atoms with E-state index in [0.717, 1.165) is 12.8 Å². The predicted octanol–water partition coefficient (Wildman–Crippen LogP) is 2.72. The molecule has 120 valence electrons. The number of aliphatic carboxylic acids is 1. The summed E-state index contributed by atoms with van der Waals surface area (Å²) in [7, 11) is 0. The largest absolute Gasteiger partial charge is 0.481 e. The van der Waals surface area contributed by atoms with Crippen molar-refractivity contribution >= 4 is 11.9 Å². The zero-order valence-electron chi connectivity index (χ0n) is 12.8. The Labute approximate surface area is 129 Å². The van der Waals surface area contributed by atoms with Crippen LogP contribution in [0.25, 0.3) is 0 Å². The number of nitrogens with zero attached hydrogens (tertiary/aromatic N) is 1. The van der Waals surface area contributed by atoms with Crippen molar-refractivity contribution in [2.75, 3.05) is 13.1 Å². The fourth-order valence-electron chi connectivity index (χ4n) is 3.00. The molecule has 1 fully saturated rings. The maximum atomic E-state index is 13.6. The maximum Gasteiger partial charge on any atom is 0.303 e. The summed E-state index contributed by atoms with van der Waals surface area (Å²) in [6, 6.07) is 6.52. The number of carbonyl (C=O) groups is 2. The molecule has 0 radical (unpaired) electrons. The highest BCUT2D eigenvalue weighted by molar-refractivity contribution is 5.79. The van der Waals surface area contributed by atoms with Crippen molar-refractivity contribution in [3.63, 3.8) is 0 Å². The van der Waals surface area contributed by atoms with Gasteiger partial charge in [0.1, 0.15) is 5.82 Å². The zero-order valence-corrected chi connectivity index (χ0v) is 12.8. The van der Waals surface area contributed by atoms with Crippen LogP contribution in [0.15, 0.2) is 24.3 Å². The minimum Gasteiger partial charge on any atom is -0.481 e. The normalized spacial score (nSPS) is 17.3. The van der Waals surface area contributed by atoms with Gasteiger partial charge in [-0.2, -0.15) is 0 Å². The molecule has 0 saturated carbocycles. The van der Waals surface area contributed by atoms with Gasteiger partial charge < -0.3 is 10.0 Å². The molecule has 1 aliphatic heterocycles. The Morgan fingerprint density at radius 2 is 1.95 bits per heavy atom. The average Bonchev–Trinajstić information content (AvgIpc) is 2.49. The van der Waals surface area contributed by atoms with Gasteiger partial charge in [-0.3, -0.25) is 9.59 Å². The maximum absolute atomic E-state index is 13.6. The lowest BCUT2D eigenvalue weighted by molar-refractivity contribution is -0.139. The van der Waals surface area contributed by atoms with Crippen molar-refractivity contribution in [2.45, 2.75) is 32.6 Å². The Morgan fingerprint density at radius 3 is 2.55 bits per heavy atom. The number of piperidine rings is 1. The van der Waals surface area contributed by atoms with E-state index in [0.29, 0.717) is 25.1 Å². The molecule has 1 aliphatic rings. The van der Waals surface area contributed by atoms with Gasteiger partial charge in [0.15, 0.2) is 0 Å². The highest BCUT2D eigenvalue weighted by Gasteiger charge is 2.27. The Morgan fingerprint density at radius 1 is 1.32 bits per heavy atom. The second-order valence-corrected chi connectivity index (χ2v) is 6.06. The molecule has 1 N–H and O–H groups in total. The summed E-state index contributed by atoms with van der Waals surface area (Å²) in [6.07, 6.45) is 2.02. The zero-order chi connectivity index (χ0) is 16.1. The van der Waals surface area contributed by atoms with Gasteiger partial charge >= 0.3 is 5.97 Å². The lowest BCUT2D eigenvalue weighted by Gasteiger charge is -2.33. The first-order valence-corrected chi connectivity index (χ1v) is 7.71. The molecule has 1 unspecified atom stereocenters. The lowest BCUT2D eigenvalue weighted by Crippen LogP contribution is -2.42. The van der Waals surface area contributed by atoms with Gasteiger partial charge in [0.05, 0.1) is 0 Å². The molecule has 1 aromatic carbocycles. The van der Waals surface area contributed by atoms with E-state index in [1.54, 1.807) is 23.1 Å². The molecule has 0 aliphatic carbocycles. The highest BCUT2D eigenvalue weighted by Crippen LogP contribution is 2.23. The standard InChI is InChI=1S/C17H22FNO3/c1-12(10-14-4-2-3-5-15(14)18)17(22)19-8-6-13(7-9-19)11-16(20)21/h2-5,12-13H,6-11H2,1H3,(H,20,21). The smallest absolute Gasteiger partial charge is 0.303 e. The first-order chi connectivity index (χ1) is 10.5. The van der Waals surface area contributed by atoms with Crippen molar-refractivity contribution in [3.05, 3.63) is 35.6 Å². The van der Waals surface area contributed by atoms with Crippen LogP contribution in [-0.4, -0.2) is 35.0 Å². The Hall–Kier alpha value is -1.91. The van der Waals surface area contributed by atoms with E-state index < -0.39 is 5.97 Å². The fourth-order valence-corrected chi connectivity index (χ4v) is 3.00. The molecule has 1 heterocycles. The Bertz CT molecular complexity index is 538. The van der Waals surface area contributed by atoms with E-state index in [-0.39, 0.29) is 30.0 Å². The molecule has 1 amide bonds. The van der Waals surface area contributed by atoms with Crippen LogP contribution in [0.2, 0.25) is 0 Å². The van der Waals surface area contributed by atoms with Crippen LogP contribution < -0.4 is 0 Å². The number of amides is 1. The van der Waals surface area contributed by atoms with Gasteiger partial charge in [-0.25, -0.2) is 4.39 Å². The predicted molar refractivity (Wildman–Crippen MR) is 80.8 cm³/mol. The summed E-state index contributed by atoms with van der Waals surface area (Å²) in [5.41, 5.74) is 0.559. The molecule has 1 saturated heterocycles. The Kier molecular flexibility index (Phi) is 5.52. The summed E-state index contributed by atoms with van der Waals surface area (Å²) in [6.45, 7) is 3.01. The van der Waals surface area contributed by atoms with E-state index in [2.05, 4.69) is 0 Å².